The minimum Gasteiger partial charge on any atom is -0.478 e. The lowest BCUT2D eigenvalue weighted by Gasteiger charge is -2.12. The standard InChI is InChI=1S/C10H14N2O2S/c1-7(6-15-2)12-9-5-8(10(13)14)3-4-11-9/h3-5,7H,6H2,1-2H3,(H,11,12)(H,13,14). The van der Waals surface area contributed by atoms with Crippen molar-refractivity contribution in [1.82, 2.24) is 4.98 Å². The molecule has 0 bridgehead atoms. The molecule has 0 aliphatic rings. The average Bonchev–Trinajstić information content (AvgIpc) is 2.18. The molecular weight excluding hydrogens is 212 g/mol. The number of nitrogens with zero attached hydrogens (tertiary/aromatic N) is 1. The first-order valence-corrected chi connectivity index (χ1v) is 5.97. The Morgan fingerprint density at radius 2 is 2.47 bits per heavy atom. The summed E-state index contributed by atoms with van der Waals surface area (Å²) >= 11 is 1.73. The third kappa shape index (κ3) is 3.79. The van der Waals surface area contributed by atoms with E-state index in [2.05, 4.69) is 10.3 Å². The third-order valence-corrected chi connectivity index (χ3v) is 2.65. The van der Waals surface area contributed by atoms with E-state index in [1.807, 2.05) is 13.2 Å². The Morgan fingerprint density at radius 1 is 1.73 bits per heavy atom. The molecule has 1 heterocycles. The zero-order chi connectivity index (χ0) is 11.3. The second-order valence-corrected chi connectivity index (χ2v) is 4.15. The predicted molar refractivity (Wildman–Crippen MR) is 62.7 cm³/mol. The van der Waals surface area contributed by atoms with Crippen LogP contribution in [0.15, 0.2) is 18.3 Å². The zero-order valence-corrected chi connectivity index (χ0v) is 9.54. The molecule has 1 rings (SSSR count). The molecule has 2 N–H and O–H groups in total. The topological polar surface area (TPSA) is 62.2 Å². The molecule has 1 aromatic rings. The molecule has 5 heteroatoms. The first-order chi connectivity index (χ1) is 7.13. The highest BCUT2D eigenvalue weighted by atomic mass is 32.2. The van der Waals surface area contributed by atoms with Gasteiger partial charge in [-0.15, -0.1) is 0 Å². The van der Waals surface area contributed by atoms with Crippen LogP contribution in [0.3, 0.4) is 0 Å². The Labute approximate surface area is 93.1 Å². The molecule has 0 aromatic carbocycles. The largest absolute Gasteiger partial charge is 0.478 e. The molecule has 0 fully saturated rings. The van der Waals surface area contributed by atoms with Gasteiger partial charge in [0.05, 0.1) is 5.56 Å². The lowest BCUT2D eigenvalue weighted by molar-refractivity contribution is 0.0697. The summed E-state index contributed by atoms with van der Waals surface area (Å²) in [7, 11) is 0. The second-order valence-electron chi connectivity index (χ2n) is 3.24. The van der Waals surface area contributed by atoms with Gasteiger partial charge in [-0.05, 0) is 25.3 Å². The van der Waals surface area contributed by atoms with Crippen molar-refractivity contribution in [1.29, 1.82) is 0 Å². The van der Waals surface area contributed by atoms with Crippen molar-refractivity contribution in [2.24, 2.45) is 0 Å². The minimum atomic E-state index is -0.932. The molecule has 1 unspecified atom stereocenters. The Morgan fingerprint density at radius 3 is 3.07 bits per heavy atom. The van der Waals surface area contributed by atoms with Gasteiger partial charge >= 0.3 is 5.97 Å². The van der Waals surface area contributed by atoms with Crippen LogP contribution in [0.4, 0.5) is 5.82 Å². The van der Waals surface area contributed by atoms with E-state index in [0.717, 1.165) is 5.75 Å². The Balaban J connectivity index is 2.69. The van der Waals surface area contributed by atoms with Crippen molar-refractivity contribution in [3.8, 4) is 0 Å². The van der Waals surface area contributed by atoms with Gasteiger partial charge in [0.25, 0.3) is 0 Å². The van der Waals surface area contributed by atoms with Gasteiger partial charge < -0.3 is 10.4 Å². The second kappa shape index (κ2) is 5.60. The van der Waals surface area contributed by atoms with E-state index >= 15 is 0 Å². The fourth-order valence-electron chi connectivity index (χ4n) is 1.19. The lowest BCUT2D eigenvalue weighted by atomic mass is 10.2. The number of aromatic nitrogens is 1. The van der Waals surface area contributed by atoms with Gasteiger partial charge in [0.15, 0.2) is 0 Å². The van der Waals surface area contributed by atoms with Gasteiger partial charge in [-0.3, -0.25) is 0 Å². The molecule has 0 spiro atoms. The first-order valence-electron chi connectivity index (χ1n) is 4.58. The number of carboxylic acid groups (broad SMARTS) is 1. The highest BCUT2D eigenvalue weighted by molar-refractivity contribution is 7.98. The van der Waals surface area contributed by atoms with Crippen molar-refractivity contribution in [2.75, 3.05) is 17.3 Å². The maximum absolute atomic E-state index is 10.7. The molecule has 0 saturated heterocycles. The summed E-state index contributed by atoms with van der Waals surface area (Å²) in [4.78, 5) is 14.8. The van der Waals surface area contributed by atoms with E-state index in [4.69, 9.17) is 5.11 Å². The zero-order valence-electron chi connectivity index (χ0n) is 8.73. The molecular formula is C10H14N2O2S. The number of nitrogens with one attached hydrogen (secondary N) is 1. The van der Waals surface area contributed by atoms with Crippen LogP contribution in [-0.2, 0) is 0 Å². The van der Waals surface area contributed by atoms with E-state index in [1.165, 1.54) is 12.3 Å². The van der Waals surface area contributed by atoms with Gasteiger partial charge in [0.1, 0.15) is 5.82 Å². The van der Waals surface area contributed by atoms with E-state index in [1.54, 1.807) is 17.8 Å². The quantitative estimate of drug-likeness (QED) is 0.803. The van der Waals surface area contributed by atoms with Gasteiger partial charge in [-0.2, -0.15) is 11.8 Å². The molecule has 0 amide bonds. The van der Waals surface area contributed by atoms with Crippen molar-refractivity contribution in [3.05, 3.63) is 23.9 Å². The summed E-state index contributed by atoms with van der Waals surface area (Å²) in [6.07, 6.45) is 3.52. The Kier molecular flexibility index (Phi) is 4.42. The van der Waals surface area contributed by atoms with Gasteiger partial charge in [-0.1, -0.05) is 0 Å². The van der Waals surface area contributed by atoms with E-state index in [0.29, 0.717) is 5.82 Å². The maximum Gasteiger partial charge on any atom is 0.335 e. The van der Waals surface area contributed by atoms with Crippen molar-refractivity contribution in [3.63, 3.8) is 0 Å². The number of aromatic carboxylic acids is 1. The molecule has 1 atom stereocenters. The van der Waals surface area contributed by atoms with Crippen LogP contribution in [0.1, 0.15) is 17.3 Å². The number of carbonyl (C=O) groups is 1. The summed E-state index contributed by atoms with van der Waals surface area (Å²) < 4.78 is 0. The van der Waals surface area contributed by atoms with Gasteiger partial charge in [0, 0.05) is 18.0 Å². The minimum absolute atomic E-state index is 0.254. The Bertz CT molecular complexity index is 344. The van der Waals surface area contributed by atoms with Crippen LogP contribution in [0, 0.1) is 0 Å². The third-order valence-electron chi connectivity index (χ3n) is 1.82. The Hall–Kier alpha value is -1.23. The SMILES string of the molecule is CSCC(C)Nc1cc(C(=O)O)ccn1. The fourth-order valence-corrected chi connectivity index (χ4v) is 1.77. The van der Waals surface area contributed by atoms with E-state index in [9.17, 15) is 4.79 Å². The van der Waals surface area contributed by atoms with E-state index in [-0.39, 0.29) is 11.6 Å². The maximum atomic E-state index is 10.7. The number of anilines is 1. The van der Waals surface area contributed by atoms with Crippen LogP contribution >= 0.6 is 11.8 Å². The number of pyridine rings is 1. The van der Waals surface area contributed by atoms with Crippen LogP contribution in [0.25, 0.3) is 0 Å². The molecule has 15 heavy (non-hydrogen) atoms. The molecule has 1 aromatic heterocycles. The molecule has 0 saturated carbocycles. The number of rotatable bonds is 5. The normalized spacial score (nSPS) is 12.1. The molecule has 0 radical (unpaired) electrons. The summed E-state index contributed by atoms with van der Waals surface area (Å²) in [5, 5.41) is 11.9. The molecule has 0 aliphatic heterocycles. The summed E-state index contributed by atoms with van der Waals surface area (Å²) in [6.45, 7) is 2.03. The number of hydrogen-bond donors (Lipinski definition) is 2. The highest BCUT2D eigenvalue weighted by Crippen LogP contribution is 2.09. The van der Waals surface area contributed by atoms with Gasteiger partial charge in [0.2, 0.25) is 0 Å². The highest BCUT2D eigenvalue weighted by Gasteiger charge is 2.06. The molecule has 0 aliphatic carbocycles. The van der Waals surface area contributed by atoms with Crippen LogP contribution < -0.4 is 5.32 Å². The summed E-state index contributed by atoms with van der Waals surface area (Å²) in [6, 6.07) is 3.29. The van der Waals surface area contributed by atoms with Crippen molar-refractivity contribution in [2.45, 2.75) is 13.0 Å². The van der Waals surface area contributed by atoms with Crippen molar-refractivity contribution >= 4 is 23.5 Å². The number of carboxylic acids is 1. The summed E-state index contributed by atoms with van der Waals surface area (Å²) in [5.41, 5.74) is 0.254. The van der Waals surface area contributed by atoms with E-state index < -0.39 is 5.97 Å². The van der Waals surface area contributed by atoms with Crippen LogP contribution in [-0.4, -0.2) is 34.1 Å². The predicted octanol–water partition coefficient (Wildman–Crippen LogP) is 1.94. The average molecular weight is 226 g/mol. The van der Waals surface area contributed by atoms with Gasteiger partial charge in [-0.25, -0.2) is 9.78 Å². The number of hydrogen-bond acceptors (Lipinski definition) is 4. The van der Waals surface area contributed by atoms with Crippen molar-refractivity contribution < 1.29 is 9.90 Å². The summed E-state index contributed by atoms with van der Waals surface area (Å²) in [5.74, 6) is 0.633. The molecule has 82 valence electrons. The monoisotopic (exact) mass is 226 g/mol. The first kappa shape index (κ1) is 11.8. The number of thioether (sulfide) groups is 1. The lowest BCUT2D eigenvalue weighted by Crippen LogP contribution is -2.18. The molecule has 4 nitrogen and oxygen atoms in total. The van der Waals surface area contributed by atoms with Crippen LogP contribution in [0.5, 0.6) is 0 Å². The smallest absolute Gasteiger partial charge is 0.335 e. The fraction of sp³-hybridized carbons (Fsp3) is 0.400. The van der Waals surface area contributed by atoms with Crippen LogP contribution in [0.2, 0.25) is 0 Å².